The zero-order valence-corrected chi connectivity index (χ0v) is 27.3. The summed E-state index contributed by atoms with van der Waals surface area (Å²) in [6, 6.07) is 22.6. The molecule has 45 heavy (non-hydrogen) atoms. The number of hydrazone groups is 1. The molecule has 0 bridgehead atoms. The fourth-order valence-electron chi connectivity index (χ4n) is 6.18. The van der Waals surface area contributed by atoms with Crippen LogP contribution in [-0.4, -0.2) is 46.7 Å². The molecule has 0 radical (unpaired) electrons. The van der Waals surface area contributed by atoms with E-state index in [4.69, 9.17) is 16.3 Å². The second kappa shape index (κ2) is 13.9. The van der Waals surface area contributed by atoms with Crippen LogP contribution in [0, 0.1) is 25.7 Å². The average molecular weight is 623 g/mol. The van der Waals surface area contributed by atoms with Gasteiger partial charge in [0.2, 0.25) is 5.91 Å². The average Bonchev–Trinajstić information content (AvgIpc) is 3.39. The minimum atomic E-state index is -0.136. The summed E-state index contributed by atoms with van der Waals surface area (Å²) >= 11 is 6.33. The predicted molar refractivity (Wildman–Crippen MR) is 184 cm³/mol. The van der Waals surface area contributed by atoms with E-state index in [0.29, 0.717) is 12.5 Å². The summed E-state index contributed by atoms with van der Waals surface area (Å²) in [4.78, 5) is 19.2. The number of nitrogens with zero attached hydrogens (tertiary/aromatic N) is 3. The van der Waals surface area contributed by atoms with E-state index in [1.165, 1.54) is 16.7 Å². The minimum Gasteiger partial charge on any atom is -0.494 e. The SMILES string of the molecule is CC1C=CN(CCCOc2ccc(C3c4[nH]c5ccc(Cl)cc5c4CCN3C(=O)C3CCC3)cc2)N=C1.Cc1ccc(C)cc1. The molecule has 2 atom stereocenters. The van der Waals surface area contributed by atoms with Crippen molar-refractivity contribution in [1.29, 1.82) is 0 Å². The zero-order valence-electron chi connectivity index (χ0n) is 26.5. The summed E-state index contributed by atoms with van der Waals surface area (Å²) in [5.41, 5.74) is 7.20. The highest BCUT2D eigenvalue weighted by atomic mass is 35.5. The lowest BCUT2D eigenvalue weighted by Crippen LogP contribution is -2.45. The van der Waals surface area contributed by atoms with Gasteiger partial charge >= 0.3 is 0 Å². The molecule has 7 rings (SSSR count). The number of H-pyrrole nitrogens is 1. The molecule has 2 unspecified atom stereocenters. The molecular formula is C38H43ClN4O2. The molecule has 1 saturated carbocycles. The Hall–Kier alpha value is -4.03. The quantitative estimate of drug-likeness (QED) is 0.210. The number of fused-ring (bicyclic) bond motifs is 3. The number of ether oxygens (including phenoxy) is 1. The molecule has 1 N–H and O–H groups in total. The normalized spacial score (nSPS) is 19.1. The van der Waals surface area contributed by atoms with Crippen LogP contribution in [0.2, 0.25) is 5.02 Å². The Bertz CT molecular complexity index is 1640. The van der Waals surface area contributed by atoms with E-state index in [2.05, 4.69) is 78.2 Å². The van der Waals surface area contributed by atoms with E-state index < -0.39 is 0 Å². The molecule has 2 aliphatic heterocycles. The van der Waals surface area contributed by atoms with Gasteiger partial charge in [-0.3, -0.25) is 9.80 Å². The van der Waals surface area contributed by atoms with Crippen LogP contribution in [0.3, 0.4) is 0 Å². The summed E-state index contributed by atoms with van der Waals surface area (Å²) in [7, 11) is 0. The van der Waals surface area contributed by atoms with Gasteiger partial charge in [0, 0.05) is 65.4 Å². The van der Waals surface area contributed by atoms with E-state index in [-0.39, 0.29) is 17.9 Å². The summed E-state index contributed by atoms with van der Waals surface area (Å²) < 4.78 is 6.02. The maximum atomic E-state index is 13.5. The lowest BCUT2D eigenvalue weighted by molar-refractivity contribution is -0.140. The first-order chi connectivity index (χ1) is 21.9. The van der Waals surface area contributed by atoms with Gasteiger partial charge in [0.25, 0.3) is 0 Å². The van der Waals surface area contributed by atoms with E-state index in [1.54, 1.807) is 0 Å². The Balaban J connectivity index is 0.000000390. The van der Waals surface area contributed by atoms with Crippen molar-refractivity contribution in [1.82, 2.24) is 14.9 Å². The fourth-order valence-corrected chi connectivity index (χ4v) is 6.35. The van der Waals surface area contributed by atoms with Crippen LogP contribution in [-0.2, 0) is 11.2 Å². The molecule has 6 nitrogen and oxygen atoms in total. The number of halogens is 1. The molecule has 3 aliphatic rings. The third kappa shape index (κ3) is 7.28. The molecule has 0 spiro atoms. The van der Waals surface area contributed by atoms with E-state index >= 15 is 0 Å². The number of aromatic nitrogens is 1. The highest BCUT2D eigenvalue weighted by Crippen LogP contribution is 2.41. The second-order valence-corrected chi connectivity index (χ2v) is 13.0. The number of benzene rings is 3. The van der Waals surface area contributed by atoms with Crippen molar-refractivity contribution in [3.05, 3.63) is 112 Å². The van der Waals surface area contributed by atoms with Crippen LogP contribution in [0.1, 0.15) is 66.6 Å². The number of aromatic amines is 1. The van der Waals surface area contributed by atoms with E-state index in [1.807, 2.05) is 47.8 Å². The Kier molecular flexibility index (Phi) is 9.60. The van der Waals surface area contributed by atoms with Crippen molar-refractivity contribution in [2.75, 3.05) is 19.7 Å². The maximum Gasteiger partial charge on any atom is 0.226 e. The van der Waals surface area contributed by atoms with Crippen LogP contribution < -0.4 is 4.74 Å². The summed E-state index contributed by atoms with van der Waals surface area (Å²) in [5, 5.41) is 8.27. The molecule has 1 amide bonds. The van der Waals surface area contributed by atoms with Crippen molar-refractivity contribution in [3.63, 3.8) is 0 Å². The number of nitrogens with one attached hydrogen (secondary N) is 1. The standard InChI is InChI=1S/C30H33ClN4O2.C8H10/c1-20-12-15-34(32-19-20)14-3-17-37-24-9-6-21(7-10-24)29-28-25(26-18-23(31)8-11-27(26)33-28)13-16-35(29)30(36)22-4-2-5-22;1-7-3-5-8(2)6-4-7/h6-12,15,18-20,22,29,33H,2-5,13-14,16-17H2,1H3;3-6H,1-2H3. The maximum absolute atomic E-state index is 13.5. The molecule has 1 aliphatic carbocycles. The van der Waals surface area contributed by atoms with Gasteiger partial charge in [-0.05, 0) is 74.6 Å². The van der Waals surface area contributed by atoms with Crippen LogP contribution in [0.5, 0.6) is 5.75 Å². The van der Waals surface area contributed by atoms with Gasteiger partial charge in [0.15, 0.2) is 0 Å². The molecule has 0 saturated heterocycles. The molecular weight excluding hydrogens is 580 g/mol. The highest BCUT2D eigenvalue weighted by Gasteiger charge is 2.38. The first kappa shape index (κ1) is 31.0. The van der Waals surface area contributed by atoms with Gasteiger partial charge in [-0.2, -0.15) is 5.10 Å². The summed E-state index contributed by atoms with van der Waals surface area (Å²) in [6.45, 7) is 8.48. The number of amides is 1. The molecule has 234 valence electrons. The van der Waals surface area contributed by atoms with Gasteiger partial charge in [-0.1, -0.05) is 78.5 Å². The van der Waals surface area contributed by atoms with Crippen LogP contribution in [0.15, 0.2) is 84.1 Å². The lowest BCUT2D eigenvalue weighted by atomic mass is 9.82. The van der Waals surface area contributed by atoms with Crippen LogP contribution in [0.25, 0.3) is 10.9 Å². The fraction of sp³-hybridized carbons (Fsp3) is 0.368. The lowest BCUT2D eigenvalue weighted by Gasteiger charge is -2.40. The van der Waals surface area contributed by atoms with Crippen molar-refractivity contribution < 1.29 is 9.53 Å². The summed E-state index contributed by atoms with van der Waals surface area (Å²) in [5.74, 6) is 1.68. The van der Waals surface area contributed by atoms with Crippen LogP contribution >= 0.6 is 11.6 Å². The van der Waals surface area contributed by atoms with Crippen molar-refractivity contribution in [2.24, 2.45) is 16.9 Å². The van der Waals surface area contributed by atoms with Crippen molar-refractivity contribution in [2.45, 2.75) is 58.9 Å². The molecule has 4 aromatic rings. The second-order valence-electron chi connectivity index (χ2n) is 12.6. The van der Waals surface area contributed by atoms with Gasteiger partial charge in [0.05, 0.1) is 12.6 Å². The third-order valence-corrected chi connectivity index (χ3v) is 9.29. The Morgan fingerprint density at radius 2 is 1.76 bits per heavy atom. The monoisotopic (exact) mass is 622 g/mol. The third-order valence-electron chi connectivity index (χ3n) is 9.05. The minimum absolute atomic E-state index is 0.136. The smallest absolute Gasteiger partial charge is 0.226 e. The van der Waals surface area contributed by atoms with Crippen molar-refractivity contribution in [3.8, 4) is 5.75 Å². The first-order valence-corrected chi connectivity index (χ1v) is 16.6. The molecule has 1 aromatic heterocycles. The number of aryl methyl sites for hydroxylation is 2. The predicted octanol–water partition coefficient (Wildman–Crippen LogP) is 8.62. The number of hydrogen-bond acceptors (Lipinski definition) is 4. The number of rotatable bonds is 7. The van der Waals surface area contributed by atoms with Gasteiger partial charge in [0.1, 0.15) is 5.75 Å². The Labute approximate surface area is 271 Å². The van der Waals surface area contributed by atoms with Gasteiger partial charge in [-0.15, -0.1) is 0 Å². The molecule has 7 heteroatoms. The largest absolute Gasteiger partial charge is 0.494 e. The number of carbonyl (C=O) groups is 1. The number of allylic oxidation sites excluding steroid dienone is 1. The van der Waals surface area contributed by atoms with E-state index in [0.717, 1.165) is 78.1 Å². The molecule has 1 fully saturated rings. The zero-order chi connectivity index (χ0) is 31.3. The van der Waals surface area contributed by atoms with E-state index in [9.17, 15) is 4.79 Å². The van der Waals surface area contributed by atoms with Crippen molar-refractivity contribution >= 4 is 34.6 Å². The topological polar surface area (TPSA) is 60.9 Å². The van der Waals surface area contributed by atoms with Gasteiger partial charge in [-0.25, -0.2) is 0 Å². The Morgan fingerprint density at radius 3 is 2.40 bits per heavy atom. The molecule has 3 heterocycles. The first-order valence-electron chi connectivity index (χ1n) is 16.2. The number of hydrogen-bond donors (Lipinski definition) is 1. The Morgan fingerprint density at radius 1 is 1.02 bits per heavy atom. The molecule has 3 aromatic carbocycles. The van der Waals surface area contributed by atoms with Gasteiger partial charge < -0.3 is 14.6 Å². The summed E-state index contributed by atoms with van der Waals surface area (Å²) in [6.07, 6.45) is 11.0. The highest BCUT2D eigenvalue weighted by molar-refractivity contribution is 6.31. The van der Waals surface area contributed by atoms with Crippen LogP contribution in [0.4, 0.5) is 0 Å². The number of carbonyl (C=O) groups excluding carboxylic acids is 1.